The van der Waals surface area contributed by atoms with Crippen LogP contribution in [0.3, 0.4) is 0 Å². The summed E-state index contributed by atoms with van der Waals surface area (Å²) in [6, 6.07) is 2.93. The van der Waals surface area contributed by atoms with Crippen LogP contribution in [0.5, 0.6) is 0 Å². The van der Waals surface area contributed by atoms with Crippen LogP contribution < -0.4 is 5.32 Å². The molecule has 108 valence electrons. The maximum atomic E-state index is 13.7. The largest absolute Gasteiger partial charge is 0.356 e. The van der Waals surface area contributed by atoms with Crippen LogP contribution >= 0.6 is 11.8 Å². The minimum atomic E-state index is -0.519. The average molecular weight is 296 g/mol. The zero-order valence-electron chi connectivity index (χ0n) is 11.4. The van der Waals surface area contributed by atoms with Gasteiger partial charge in [-0.05, 0) is 43.7 Å². The van der Waals surface area contributed by atoms with Crippen molar-refractivity contribution in [3.8, 4) is 0 Å². The number of H-pyrrole nitrogens is 1. The first-order valence-electron chi connectivity index (χ1n) is 6.92. The van der Waals surface area contributed by atoms with E-state index in [9.17, 15) is 8.78 Å². The van der Waals surface area contributed by atoms with Crippen LogP contribution in [0.2, 0.25) is 0 Å². The smallest absolute Gasteiger partial charge is 0.150 e. The molecule has 5 heteroatoms. The number of halogens is 2. The Balaban J connectivity index is 1.78. The molecule has 3 rings (SSSR count). The lowest BCUT2D eigenvalue weighted by Gasteiger charge is -2.11. The number of hydrogen-bond donors (Lipinski definition) is 2. The van der Waals surface area contributed by atoms with Gasteiger partial charge in [0.05, 0.1) is 5.52 Å². The van der Waals surface area contributed by atoms with Crippen molar-refractivity contribution in [3.63, 3.8) is 0 Å². The number of aromatic nitrogens is 1. The Kier molecular flexibility index (Phi) is 3.98. The minimum Gasteiger partial charge on any atom is -0.356 e. The molecule has 0 bridgehead atoms. The van der Waals surface area contributed by atoms with Gasteiger partial charge in [0.1, 0.15) is 11.6 Å². The van der Waals surface area contributed by atoms with Crippen LogP contribution in [0.4, 0.5) is 8.78 Å². The summed E-state index contributed by atoms with van der Waals surface area (Å²) in [4.78, 5) is 3.03. The third-order valence-corrected chi connectivity index (χ3v) is 5.05. The molecule has 0 saturated carbocycles. The second-order valence-electron chi connectivity index (χ2n) is 5.30. The Morgan fingerprint density at radius 3 is 3.00 bits per heavy atom. The van der Waals surface area contributed by atoms with Gasteiger partial charge in [-0.15, -0.1) is 0 Å². The molecule has 0 spiro atoms. The predicted molar refractivity (Wildman–Crippen MR) is 80.4 cm³/mol. The van der Waals surface area contributed by atoms with Gasteiger partial charge in [-0.25, -0.2) is 8.78 Å². The van der Waals surface area contributed by atoms with Gasteiger partial charge in [0.15, 0.2) is 0 Å². The number of hydrogen-bond acceptors (Lipinski definition) is 2. The molecule has 1 aliphatic rings. The monoisotopic (exact) mass is 296 g/mol. The fraction of sp³-hybridized carbons (Fsp3) is 0.467. The lowest BCUT2D eigenvalue weighted by atomic mass is 10.1. The van der Waals surface area contributed by atoms with Crippen molar-refractivity contribution in [2.45, 2.75) is 25.8 Å². The van der Waals surface area contributed by atoms with E-state index in [1.807, 2.05) is 18.7 Å². The van der Waals surface area contributed by atoms with Gasteiger partial charge >= 0.3 is 0 Å². The second kappa shape index (κ2) is 5.74. The van der Waals surface area contributed by atoms with Crippen LogP contribution in [0.1, 0.15) is 17.7 Å². The van der Waals surface area contributed by atoms with E-state index in [4.69, 9.17) is 0 Å². The molecular formula is C15H18F2N2S. The number of aryl methyl sites for hydroxylation is 1. The van der Waals surface area contributed by atoms with Crippen molar-refractivity contribution in [3.05, 3.63) is 35.0 Å². The predicted octanol–water partition coefficient (Wildman–Crippen LogP) is 3.39. The van der Waals surface area contributed by atoms with Crippen molar-refractivity contribution in [2.24, 2.45) is 0 Å². The molecule has 20 heavy (non-hydrogen) atoms. The quantitative estimate of drug-likeness (QED) is 0.905. The topological polar surface area (TPSA) is 27.8 Å². The number of aromatic amines is 1. The number of benzene rings is 1. The molecule has 2 aromatic rings. The van der Waals surface area contributed by atoms with E-state index < -0.39 is 11.6 Å². The first kappa shape index (κ1) is 13.9. The van der Waals surface area contributed by atoms with Crippen LogP contribution in [0.15, 0.2) is 12.1 Å². The first-order valence-corrected chi connectivity index (χ1v) is 8.08. The molecule has 0 amide bonds. The van der Waals surface area contributed by atoms with Gasteiger partial charge in [-0.1, -0.05) is 0 Å². The first-order chi connectivity index (χ1) is 9.65. The van der Waals surface area contributed by atoms with Crippen molar-refractivity contribution in [2.75, 3.05) is 18.1 Å². The fourth-order valence-electron chi connectivity index (χ4n) is 2.82. The highest BCUT2D eigenvalue weighted by Gasteiger charge is 2.16. The van der Waals surface area contributed by atoms with Gasteiger partial charge < -0.3 is 10.3 Å². The Morgan fingerprint density at radius 2 is 2.25 bits per heavy atom. The summed E-state index contributed by atoms with van der Waals surface area (Å²) in [5, 5.41) is 4.19. The number of fused-ring (bicyclic) bond motifs is 1. The van der Waals surface area contributed by atoms with E-state index >= 15 is 0 Å². The summed E-state index contributed by atoms with van der Waals surface area (Å²) >= 11 is 1.97. The van der Waals surface area contributed by atoms with E-state index in [2.05, 4.69) is 10.3 Å². The van der Waals surface area contributed by atoms with E-state index in [0.29, 0.717) is 16.9 Å². The van der Waals surface area contributed by atoms with Crippen LogP contribution in [0, 0.1) is 18.6 Å². The summed E-state index contributed by atoms with van der Waals surface area (Å²) in [6.07, 6.45) is 2.00. The Labute approximate surface area is 121 Å². The van der Waals surface area contributed by atoms with Gasteiger partial charge in [0.25, 0.3) is 0 Å². The molecule has 2 N–H and O–H groups in total. The molecule has 1 aliphatic heterocycles. The zero-order chi connectivity index (χ0) is 14.1. The SMILES string of the molecule is Cc1[nH]c2c(F)cc(F)cc2c1CCNC1CCSC1. The fourth-order valence-corrected chi connectivity index (χ4v) is 4.01. The number of nitrogens with one attached hydrogen (secondary N) is 2. The molecule has 1 unspecified atom stereocenters. The van der Waals surface area contributed by atoms with Gasteiger partial charge in [0.2, 0.25) is 0 Å². The average Bonchev–Trinajstić information content (AvgIpc) is 3.00. The van der Waals surface area contributed by atoms with Gasteiger partial charge in [-0.2, -0.15) is 11.8 Å². The highest BCUT2D eigenvalue weighted by atomic mass is 32.2. The molecule has 2 heterocycles. The highest BCUT2D eigenvalue weighted by molar-refractivity contribution is 7.99. The summed E-state index contributed by atoms with van der Waals surface area (Å²) in [7, 11) is 0. The van der Waals surface area contributed by atoms with Crippen LogP contribution in [-0.4, -0.2) is 29.1 Å². The number of thioether (sulfide) groups is 1. The van der Waals surface area contributed by atoms with E-state index in [1.54, 1.807) is 0 Å². The van der Waals surface area contributed by atoms with E-state index in [1.165, 1.54) is 18.2 Å². The summed E-state index contributed by atoms with van der Waals surface area (Å²) in [5.74, 6) is 1.35. The zero-order valence-corrected chi connectivity index (χ0v) is 12.2. The summed E-state index contributed by atoms with van der Waals surface area (Å²) < 4.78 is 27.1. The van der Waals surface area contributed by atoms with Crippen molar-refractivity contribution in [1.29, 1.82) is 0 Å². The highest BCUT2D eigenvalue weighted by Crippen LogP contribution is 2.26. The summed E-state index contributed by atoms with van der Waals surface area (Å²) in [6.45, 7) is 2.76. The maximum Gasteiger partial charge on any atom is 0.150 e. The van der Waals surface area contributed by atoms with Crippen LogP contribution in [-0.2, 0) is 6.42 Å². The van der Waals surface area contributed by atoms with Gasteiger partial charge in [0, 0.05) is 28.9 Å². The molecule has 0 aliphatic carbocycles. The molecule has 2 nitrogen and oxygen atoms in total. The Hall–Kier alpha value is -1.07. The van der Waals surface area contributed by atoms with Crippen LogP contribution in [0.25, 0.3) is 10.9 Å². The molecule has 1 atom stereocenters. The molecule has 1 aromatic carbocycles. The molecule has 1 saturated heterocycles. The third-order valence-electron chi connectivity index (χ3n) is 3.88. The standard InChI is InChI=1S/C15H18F2N2S/c1-9-12(2-4-18-11-3-5-20-8-11)13-6-10(16)7-14(17)15(13)19-9/h6-7,11,18-19H,2-5,8H2,1H3. The van der Waals surface area contributed by atoms with Crippen molar-refractivity contribution in [1.82, 2.24) is 10.3 Å². The number of rotatable bonds is 4. The molecule has 1 aromatic heterocycles. The maximum absolute atomic E-state index is 13.7. The minimum absolute atomic E-state index is 0.412. The molecule has 1 fully saturated rings. The Bertz CT molecular complexity index is 618. The summed E-state index contributed by atoms with van der Waals surface area (Å²) in [5.41, 5.74) is 2.35. The molecular weight excluding hydrogens is 278 g/mol. The Morgan fingerprint density at radius 1 is 1.40 bits per heavy atom. The van der Waals surface area contributed by atoms with Crippen molar-refractivity contribution < 1.29 is 8.78 Å². The van der Waals surface area contributed by atoms with Gasteiger partial charge in [-0.3, -0.25) is 0 Å². The van der Waals surface area contributed by atoms with E-state index in [-0.39, 0.29) is 0 Å². The normalized spacial score (nSPS) is 19.1. The second-order valence-corrected chi connectivity index (χ2v) is 6.45. The molecule has 0 radical (unpaired) electrons. The lowest BCUT2D eigenvalue weighted by molar-refractivity contribution is 0.560. The third kappa shape index (κ3) is 2.69. The lowest BCUT2D eigenvalue weighted by Crippen LogP contribution is -2.30. The van der Waals surface area contributed by atoms with E-state index in [0.717, 1.165) is 36.0 Å². The van der Waals surface area contributed by atoms with Crippen molar-refractivity contribution >= 4 is 22.7 Å².